The van der Waals surface area contributed by atoms with Gasteiger partial charge in [0.2, 0.25) is 0 Å². The topological polar surface area (TPSA) is 58.2 Å². The maximum atomic E-state index is 12.3. The largest absolute Gasteiger partial charge is 0.444 e. The first kappa shape index (κ1) is 14.6. The molecule has 2 heterocycles. The molecule has 19 heavy (non-hydrogen) atoms. The molecular weight excluding hydrogens is 357 g/mol. The van der Waals surface area contributed by atoms with Crippen molar-refractivity contribution < 1.29 is 9.53 Å². The molecule has 1 amide bonds. The van der Waals surface area contributed by atoms with Gasteiger partial charge in [-0.05, 0) is 62.6 Å². The Morgan fingerprint density at radius 2 is 2.26 bits per heavy atom. The molecule has 5 nitrogen and oxygen atoms in total. The Hall–Kier alpha value is -0.790. The molecule has 0 saturated carbocycles. The lowest BCUT2D eigenvalue weighted by molar-refractivity contribution is 0.00891. The van der Waals surface area contributed by atoms with Gasteiger partial charge in [0, 0.05) is 6.54 Å². The molecular formula is C13H20IN3O2. The normalized spacial score (nSPS) is 20.4. The number of hydrogen-bond donors (Lipinski definition) is 1. The second-order valence-corrected chi connectivity index (χ2v) is 6.98. The highest BCUT2D eigenvalue weighted by atomic mass is 127. The van der Waals surface area contributed by atoms with Gasteiger partial charge in [-0.3, -0.25) is 10.00 Å². The summed E-state index contributed by atoms with van der Waals surface area (Å²) < 4.78 is 6.56. The first-order valence-electron chi connectivity index (χ1n) is 6.57. The molecule has 1 N–H and O–H groups in total. The second-order valence-electron chi connectivity index (χ2n) is 5.82. The molecule has 0 radical (unpaired) electrons. The zero-order chi connectivity index (χ0) is 14.0. The van der Waals surface area contributed by atoms with E-state index in [1.807, 2.05) is 25.7 Å². The number of H-pyrrole nitrogens is 1. The van der Waals surface area contributed by atoms with Crippen LogP contribution in [0.5, 0.6) is 0 Å². The standard InChI is InChI=1S/C13H20IN3O2/c1-13(2,3)19-12(18)17-7-5-4-6-10(17)11-9(14)8-15-16-11/h8,10H,4-7H2,1-3H3,(H,15,16). The van der Waals surface area contributed by atoms with Gasteiger partial charge in [-0.2, -0.15) is 5.10 Å². The number of piperidine rings is 1. The number of amides is 1. The van der Waals surface area contributed by atoms with E-state index >= 15 is 0 Å². The summed E-state index contributed by atoms with van der Waals surface area (Å²) in [6.45, 7) is 6.42. The molecule has 1 atom stereocenters. The van der Waals surface area contributed by atoms with E-state index in [0.717, 1.165) is 35.1 Å². The average Bonchev–Trinajstić information content (AvgIpc) is 2.73. The molecule has 0 aromatic carbocycles. The Bertz CT molecular complexity index is 453. The van der Waals surface area contributed by atoms with E-state index in [2.05, 4.69) is 32.8 Å². The van der Waals surface area contributed by atoms with Gasteiger partial charge in [-0.1, -0.05) is 0 Å². The molecule has 0 aliphatic carbocycles. The highest BCUT2D eigenvalue weighted by Gasteiger charge is 2.33. The van der Waals surface area contributed by atoms with Crippen LogP contribution in [-0.4, -0.2) is 33.3 Å². The minimum atomic E-state index is -0.458. The SMILES string of the molecule is CC(C)(C)OC(=O)N1CCCCC1c1[nH]ncc1I. The Morgan fingerprint density at radius 1 is 1.53 bits per heavy atom. The molecule has 1 aromatic rings. The van der Waals surface area contributed by atoms with Crippen molar-refractivity contribution in [2.45, 2.75) is 51.7 Å². The van der Waals surface area contributed by atoms with Crippen molar-refractivity contribution in [2.24, 2.45) is 0 Å². The van der Waals surface area contributed by atoms with Crippen LogP contribution in [0.15, 0.2) is 6.20 Å². The minimum Gasteiger partial charge on any atom is -0.444 e. The van der Waals surface area contributed by atoms with E-state index in [1.54, 1.807) is 6.20 Å². The van der Waals surface area contributed by atoms with Gasteiger partial charge in [-0.15, -0.1) is 0 Å². The number of nitrogens with one attached hydrogen (secondary N) is 1. The van der Waals surface area contributed by atoms with Crippen molar-refractivity contribution in [1.82, 2.24) is 15.1 Å². The average molecular weight is 377 g/mol. The number of hydrogen-bond acceptors (Lipinski definition) is 3. The molecule has 1 unspecified atom stereocenters. The molecule has 0 spiro atoms. The van der Waals surface area contributed by atoms with Crippen LogP contribution in [0.3, 0.4) is 0 Å². The van der Waals surface area contributed by atoms with E-state index in [-0.39, 0.29) is 12.1 Å². The van der Waals surface area contributed by atoms with Crippen molar-refractivity contribution in [3.05, 3.63) is 15.5 Å². The highest BCUT2D eigenvalue weighted by Crippen LogP contribution is 2.33. The van der Waals surface area contributed by atoms with E-state index in [9.17, 15) is 4.79 Å². The summed E-state index contributed by atoms with van der Waals surface area (Å²) in [7, 11) is 0. The lowest BCUT2D eigenvalue weighted by atomic mass is 10.00. The van der Waals surface area contributed by atoms with Crippen LogP contribution in [0.4, 0.5) is 4.79 Å². The summed E-state index contributed by atoms with van der Waals surface area (Å²) in [4.78, 5) is 14.1. The monoisotopic (exact) mass is 377 g/mol. The fourth-order valence-electron chi connectivity index (χ4n) is 2.29. The third-order valence-electron chi connectivity index (χ3n) is 3.08. The van der Waals surface area contributed by atoms with E-state index in [1.165, 1.54) is 0 Å². The molecule has 1 aliphatic rings. The number of likely N-dealkylation sites (tertiary alicyclic amines) is 1. The van der Waals surface area contributed by atoms with Crippen LogP contribution in [0, 0.1) is 3.57 Å². The predicted octanol–water partition coefficient (Wildman–Crippen LogP) is 3.48. The van der Waals surface area contributed by atoms with Gasteiger partial charge in [0.1, 0.15) is 5.60 Å². The lowest BCUT2D eigenvalue weighted by Crippen LogP contribution is -2.42. The van der Waals surface area contributed by atoms with Crippen LogP contribution in [0.2, 0.25) is 0 Å². The zero-order valence-corrected chi connectivity index (χ0v) is 13.7. The van der Waals surface area contributed by atoms with Crippen molar-refractivity contribution in [2.75, 3.05) is 6.54 Å². The number of halogens is 1. The number of carbonyl (C=O) groups is 1. The van der Waals surface area contributed by atoms with Crippen LogP contribution < -0.4 is 0 Å². The first-order chi connectivity index (χ1) is 8.88. The smallest absolute Gasteiger partial charge is 0.410 e. The summed E-state index contributed by atoms with van der Waals surface area (Å²) in [6, 6.07) is 0.0537. The third-order valence-corrected chi connectivity index (χ3v) is 3.94. The summed E-state index contributed by atoms with van der Waals surface area (Å²) in [6.07, 6.45) is 4.66. The summed E-state index contributed by atoms with van der Waals surface area (Å²) in [5.41, 5.74) is 0.561. The van der Waals surface area contributed by atoms with Crippen molar-refractivity contribution in [3.63, 3.8) is 0 Å². The molecule has 106 valence electrons. The number of aromatic amines is 1. The van der Waals surface area contributed by atoms with Crippen molar-refractivity contribution in [1.29, 1.82) is 0 Å². The predicted molar refractivity (Wildman–Crippen MR) is 80.8 cm³/mol. The fourth-order valence-corrected chi connectivity index (χ4v) is 2.91. The van der Waals surface area contributed by atoms with Gasteiger partial charge < -0.3 is 4.74 Å². The minimum absolute atomic E-state index is 0.0537. The van der Waals surface area contributed by atoms with Crippen molar-refractivity contribution >= 4 is 28.7 Å². The van der Waals surface area contributed by atoms with Crippen LogP contribution in [0.25, 0.3) is 0 Å². The molecule has 2 rings (SSSR count). The van der Waals surface area contributed by atoms with Crippen LogP contribution >= 0.6 is 22.6 Å². The maximum Gasteiger partial charge on any atom is 0.410 e. The Kier molecular flexibility index (Phi) is 4.37. The first-order valence-corrected chi connectivity index (χ1v) is 7.65. The van der Waals surface area contributed by atoms with Crippen LogP contribution in [-0.2, 0) is 4.74 Å². The molecule has 1 fully saturated rings. The van der Waals surface area contributed by atoms with Gasteiger partial charge in [0.05, 0.1) is 21.5 Å². The molecule has 6 heteroatoms. The van der Waals surface area contributed by atoms with Gasteiger partial charge in [-0.25, -0.2) is 4.79 Å². The van der Waals surface area contributed by atoms with Crippen molar-refractivity contribution in [3.8, 4) is 0 Å². The Morgan fingerprint density at radius 3 is 2.84 bits per heavy atom. The molecule has 1 aliphatic heterocycles. The Labute approximate surface area is 127 Å². The van der Waals surface area contributed by atoms with Gasteiger partial charge in [0.15, 0.2) is 0 Å². The molecule has 1 aromatic heterocycles. The van der Waals surface area contributed by atoms with Gasteiger partial charge in [0.25, 0.3) is 0 Å². The number of nitrogens with zero attached hydrogens (tertiary/aromatic N) is 2. The third kappa shape index (κ3) is 3.61. The fraction of sp³-hybridized carbons (Fsp3) is 0.692. The van der Waals surface area contributed by atoms with E-state index < -0.39 is 5.60 Å². The zero-order valence-electron chi connectivity index (χ0n) is 11.6. The second kappa shape index (κ2) is 5.68. The summed E-state index contributed by atoms with van der Waals surface area (Å²) >= 11 is 2.25. The number of rotatable bonds is 1. The van der Waals surface area contributed by atoms with Gasteiger partial charge >= 0.3 is 6.09 Å². The Balaban J connectivity index is 2.17. The van der Waals surface area contributed by atoms with E-state index in [4.69, 9.17) is 4.74 Å². The maximum absolute atomic E-state index is 12.3. The number of ether oxygens (including phenoxy) is 1. The number of aromatic nitrogens is 2. The quantitative estimate of drug-likeness (QED) is 0.763. The van der Waals surface area contributed by atoms with E-state index in [0.29, 0.717) is 0 Å². The molecule has 0 bridgehead atoms. The molecule has 1 saturated heterocycles. The highest BCUT2D eigenvalue weighted by molar-refractivity contribution is 14.1. The lowest BCUT2D eigenvalue weighted by Gasteiger charge is -2.36. The summed E-state index contributed by atoms with van der Waals surface area (Å²) in [5.74, 6) is 0. The van der Waals surface area contributed by atoms with Crippen LogP contribution in [0.1, 0.15) is 51.8 Å². The summed E-state index contributed by atoms with van der Waals surface area (Å²) in [5, 5.41) is 7.07. The number of carbonyl (C=O) groups excluding carboxylic acids is 1.